The average molecular weight is 206 g/mol. The maximum absolute atomic E-state index is 3.92. The summed E-state index contributed by atoms with van der Waals surface area (Å²) in [5, 5.41) is 0. The Kier molecular flexibility index (Phi) is 7.11. The Hall–Kier alpha value is -0.780. The highest BCUT2D eigenvalue weighted by Crippen LogP contribution is 2.37. The maximum atomic E-state index is 3.92. The zero-order chi connectivity index (χ0) is 11.8. The van der Waals surface area contributed by atoms with E-state index < -0.39 is 0 Å². The van der Waals surface area contributed by atoms with Gasteiger partial charge in [-0.15, -0.1) is 0 Å². The highest BCUT2D eigenvalue weighted by atomic mass is 14.3. The minimum Gasteiger partial charge on any atom is -0.0988 e. The Bertz CT molecular complexity index is 241. The van der Waals surface area contributed by atoms with E-state index in [-0.39, 0.29) is 0 Å². The van der Waals surface area contributed by atoms with Crippen LogP contribution in [0.4, 0.5) is 0 Å². The molecule has 0 aromatic carbocycles. The lowest BCUT2D eigenvalue weighted by Gasteiger charge is -2.16. The summed E-state index contributed by atoms with van der Waals surface area (Å²) in [4.78, 5) is 0. The SMILES string of the molecule is C=CC1=C(/C=C\C)CCC1C(C)C.CC. The summed E-state index contributed by atoms with van der Waals surface area (Å²) in [5.74, 6) is 1.49. The number of hydrogen-bond acceptors (Lipinski definition) is 0. The van der Waals surface area contributed by atoms with Crippen molar-refractivity contribution >= 4 is 0 Å². The maximum Gasteiger partial charge on any atom is -0.0133 e. The molecule has 0 heteroatoms. The lowest BCUT2D eigenvalue weighted by molar-refractivity contribution is 0.446. The van der Waals surface area contributed by atoms with E-state index in [0.29, 0.717) is 0 Å². The third kappa shape index (κ3) is 3.70. The fourth-order valence-electron chi connectivity index (χ4n) is 2.20. The molecule has 0 nitrogen and oxygen atoms in total. The first-order valence-electron chi connectivity index (χ1n) is 6.18. The summed E-state index contributed by atoms with van der Waals surface area (Å²) in [6.45, 7) is 14.6. The van der Waals surface area contributed by atoms with Gasteiger partial charge in [0.2, 0.25) is 0 Å². The third-order valence-corrected chi connectivity index (χ3v) is 2.89. The first-order chi connectivity index (χ1) is 7.20. The molecule has 86 valence electrons. The second kappa shape index (κ2) is 7.50. The number of allylic oxidation sites excluding steroid dienone is 5. The molecule has 0 aromatic rings. The lowest BCUT2D eigenvalue weighted by atomic mass is 9.89. The van der Waals surface area contributed by atoms with Crippen LogP contribution in [0.3, 0.4) is 0 Å². The summed E-state index contributed by atoms with van der Waals surface area (Å²) < 4.78 is 0. The molecule has 0 aliphatic heterocycles. The van der Waals surface area contributed by atoms with Crippen LogP contribution in [0.15, 0.2) is 36.0 Å². The van der Waals surface area contributed by atoms with Crippen molar-refractivity contribution in [1.29, 1.82) is 0 Å². The lowest BCUT2D eigenvalue weighted by Crippen LogP contribution is -2.06. The normalized spacial score (nSPS) is 20.8. The van der Waals surface area contributed by atoms with Gasteiger partial charge in [0.05, 0.1) is 0 Å². The summed E-state index contributed by atoms with van der Waals surface area (Å²) in [7, 11) is 0. The summed E-state index contributed by atoms with van der Waals surface area (Å²) in [5.41, 5.74) is 2.98. The molecule has 0 fully saturated rings. The van der Waals surface area contributed by atoms with E-state index in [1.165, 1.54) is 24.0 Å². The van der Waals surface area contributed by atoms with Crippen LogP contribution in [0.2, 0.25) is 0 Å². The smallest absolute Gasteiger partial charge is 0.0133 e. The van der Waals surface area contributed by atoms with Crippen LogP contribution in [-0.2, 0) is 0 Å². The van der Waals surface area contributed by atoms with Gasteiger partial charge in [0, 0.05) is 0 Å². The summed E-state index contributed by atoms with van der Waals surface area (Å²) in [6.07, 6.45) is 8.95. The predicted molar refractivity (Wildman–Crippen MR) is 70.9 cm³/mol. The van der Waals surface area contributed by atoms with Crippen LogP contribution in [0.1, 0.15) is 47.5 Å². The fraction of sp³-hybridized carbons (Fsp3) is 0.600. The molecule has 0 aromatic heterocycles. The van der Waals surface area contributed by atoms with E-state index in [4.69, 9.17) is 0 Å². The molecule has 0 amide bonds. The predicted octanol–water partition coefficient (Wildman–Crippen LogP) is 5.14. The van der Waals surface area contributed by atoms with Gasteiger partial charge in [-0.25, -0.2) is 0 Å². The quantitative estimate of drug-likeness (QED) is 0.600. The van der Waals surface area contributed by atoms with Crippen molar-refractivity contribution in [3.63, 3.8) is 0 Å². The van der Waals surface area contributed by atoms with E-state index in [1.807, 2.05) is 19.9 Å². The molecule has 0 saturated heterocycles. The Balaban J connectivity index is 0.000000921. The molecule has 0 N–H and O–H groups in total. The van der Waals surface area contributed by atoms with Gasteiger partial charge in [0.1, 0.15) is 0 Å². The second-order valence-corrected chi connectivity index (χ2v) is 4.07. The van der Waals surface area contributed by atoms with E-state index >= 15 is 0 Å². The zero-order valence-electron chi connectivity index (χ0n) is 11.0. The monoisotopic (exact) mass is 206 g/mol. The minimum atomic E-state index is 0.740. The average Bonchev–Trinajstić information content (AvgIpc) is 2.64. The molecule has 15 heavy (non-hydrogen) atoms. The standard InChI is InChI=1S/C13H20.C2H6/c1-5-7-11-8-9-13(10(3)4)12(11)6-2;1-2/h5-7,10,13H,2,8-9H2,1,3-4H3;1-2H3/b7-5-;. The topological polar surface area (TPSA) is 0 Å². The minimum absolute atomic E-state index is 0.740. The highest BCUT2D eigenvalue weighted by molar-refractivity contribution is 5.38. The van der Waals surface area contributed by atoms with Gasteiger partial charge < -0.3 is 0 Å². The van der Waals surface area contributed by atoms with Crippen molar-refractivity contribution in [1.82, 2.24) is 0 Å². The zero-order valence-corrected chi connectivity index (χ0v) is 11.0. The Morgan fingerprint density at radius 2 is 1.93 bits per heavy atom. The molecular weight excluding hydrogens is 180 g/mol. The molecule has 1 unspecified atom stereocenters. The molecule has 0 spiro atoms. The molecule has 1 aliphatic carbocycles. The summed E-state index contributed by atoms with van der Waals surface area (Å²) >= 11 is 0. The van der Waals surface area contributed by atoms with Crippen molar-refractivity contribution in [3.8, 4) is 0 Å². The van der Waals surface area contributed by atoms with Crippen LogP contribution in [0.5, 0.6) is 0 Å². The summed E-state index contributed by atoms with van der Waals surface area (Å²) in [6, 6.07) is 0. The first-order valence-corrected chi connectivity index (χ1v) is 6.18. The Labute approximate surface area is 95.8 Å². The molecule has 1 atom stereocenters. The van der Waals surface area contributed by atoms with Crippen LogP contribution < -0.4 is 0 Å². The van der Waals surface area contributed by atoms with Crippen LogP contribution in [0.25, 0.3) is 0 Å². The van der Waals surface area contributed by atoms with Crippen LogP contribution in [0, 0.1) is 11.8 Å². The van der Waals surface area contributed by atoms with Gasteiger partial charge in [-0.3, -0.25) is 0 Å². The van der Waals surface area contributed by atoms with Gasteiger partial charge in [-0.05, 0) is 42.7 Å². The number of rotatable bonds is 3. The van der Waals surface area contributed by atoms with Crippen molar-refractivity contribution in [2.24, 2.45) is 11.8 Å². The van der Waals surface area contributed by atoms with E-state index in [9.17, 15) is 0 Å². The second-order valence-electron chi connectivity index (χ2n) is 4.07. The van der Waals surface area contributed by atoms with Crippen LogP contribution in [-0.4, -0.2) is 0 Å². The molecule has 0 bridgehead atoms. The molecule has 0 saturated carbocycles. The van der Waals surface area contributed by atoms with Gasteiger partial charge in [0.25, 0.3) is 0 Å². The van der Waals surface area contributed by atoms with Crippen LogP contribution >= 0.6 is 0 Å². The molecular formula is C15H26. The van der Waals surface area contributed by atoms with E-state index in [1.54, 1.807) is 0 Å². The Morgan fingerprint density at radius 1 is 1.33 bits per heavy atom. The molecule has 1 rings (SSSR count). The van der Waals surface area contributed by atoms with Crippen molar-refractivity contribution < 1.29 is 0 Å². The first kappa shape index (κ1) is 14.2. The van der Waals surface area contributed by atoms with E-state index in [0.717, 1.165) is 11.8 Å². The van der Waals surface area contributed by atoms with Gasteiger partial charge in [-0.1, -0.05) is 52.5 Å². The van der Waals surface area contributed by atoms with Gasteiger partial charge >= 0.3 is 0 Å². The Morgan fingerprint density at radius 3 is 2.33 bits per heavy atom. The number of hydrogen-bond donors (Lipinski definition) is 0. The van der Waals surface area contributed by atoms with Gasteiger partial charge in [0.15, 0.2) is 0 Å². The molecule has 1 aliphatic rings. The van der Waals surface area contributed by atoms with Crippen molar-refractivity contribution in [2.45, 2.75) is 47.5 Å². The van der Waals surface area contributed by atoms with Gasteiger partial charge in [-0.2, -0.15) is 0 Å². The van der Waals surface area contributed by atoms with E-state index in [2.05, 4.69) is 39.5 Å². The largest absolute Gasteiger partial charge is 0.0988 e. The molecule has 0 heterocycles. The third-order valence-electron chi connectivity index (χ3n) is 2.89. The van der Waals surface area contributed by atoms with Crippen molar-refractivity contribution in [2.75, 3.05) is 0 Å². The highest BCUT2D eigenvalue weighted by Gasteiger charge is 2.24. The van der Waals surface area contributed by atoms with Crippen molar-refractivity contribution in [3.05, 3.63) is 36.0 Å². The molecule has 0 radical (unpaired) electrons. The fourth-order valence-corrected chi connectivity index (χ4v) is 2.20.